The van der Waals surface area contributed by atoms with Gasteiger partial charge in [0.2, 0.25) is 0 Å². The Morgan fingerprint density at radius 2 is 0.488 bits per heavy atom. The van der Waals surface area contributed by atoms with Crippen LogP contribution >= 0.6 is 56.9 Å². The maximum absolute atomic E-state index is 14.4. The molecule has 0 spiro atoms. The molecule has 8 N–H and O–H groups in total. The Balaban J connectivity index is 0.000000139. The Morgan fingerprint density at radius 1 is 0.264 bits per heavy atom. The molecule has 20 nitrogen and oxygen atoms in total. The molecule has 0 atom stereocenters. The van der Waals surface area contributed by atoms with Crippen molar-refractivity contribution in [2.75, 3.05) is 42.5 Å². The number of rotatable bonds is 16. The van der Waals surface area contributed by atoms with Gasteiger partial charge in [0.25, 0.3) is 0 Å². The molecule has 8 heterocycles. The number of carbonyl (C=O) groups is 4. The van der Waals surface area contributed by atoms with E-state index in [-0.39, 0.29) is 22.7 Å². The fourth-order valence-corrected chi connectivity index (χ4v) is 16.0. The third-order valence-electron chi connectivity index (χ3n) is 18.0. The number of hydrogen-bond acceptors (Lipinski definition) is 16. The first-order valence-corrected chi connectivity index (χ1v) is 41.0. The van der Waals surface area contributed by atoms with Gasteiger partial charge in [-0.1, -0.05) is 89.0 Å². The fraction of sp³-hybridized carbons (Fsp3) is 0.0870. The number of nitrogens with zero attached hydrogens (tertiary/aromatic N) is 8. The summed E-state index contributed by atoms with van der Waals surface area (Å²) in [6.45, 7) is 15.4. The van der Waals surface area contributed by atoms with Crippen LogP contribution in [0.4, 0.5) is 82.2 Å². The van der Waals surface area contributed by atoms with Gasteiger partial charge in [-0.05, 0) is 235 Å². The number of pyridine rings is 4. The Hall–Kier alpha value is -14.0. The highest BCUT2D eigenvalue weighted by atomic mass is 35.5. The van der Waals surface area contributed by atoms with E-state index in [4.69, 9.17) is 11.6 Å². The lowest BCUT2D eigenvalue weighted by atomic mass is 10.1. The van der Waals surface area contributed by atoms with Crippen molar-refractivity contribution in [1.29, 1.82) is 0 Å². The van der Waals surface area contributed by atoms with Gasteiger partial charge < -0.3 is 42.5 Å². The van der Waals surface area contributed by atoms with E-state index < -0.39 is 47.4 Å². The third kappa shape index (κ3) is 22.6. The number of thiazole rings is 4. The van der Waals surface area contributed by atoms with Crippen LogP contribution in [-0.2, 0) is 0 Å². The number of aromatic nitrogens is 8. The maximum Gasteiger partial charge on any atom is 0.323 e. The molecule has 0 unspecified atom stereocenters. The molecule has 0 aliphatic rings. The largest absolute Gasteiger partial charge is 0.323 e. The number of halogens is 5. The monoisotopic (exact) mass is 1710 g/mol. The predicted octanol–water partition coefficient (Wildman–Crippen LogP) is 25.7. The number of amides is 8. The zero-order valence-electron chi connectivity index (χ0n) is 66.1. The molecule has 121 heavy (non-hydrogen) atoms. The van der Waals surface area contributed by atoms with Crippen molar-refractivity contribution in [3.8, 4) is 86.8 Å². The second kappa shape index (κ2) is 39.5. The number of nitrogens with one attached hydrogen (secondary N) is 8. The van der Waals surface area contributed by atoms with E-state index in [1.54, 1.807) is 153 Å². The van der Waals surface area contributed by atoms with Gasteiger partial charge in [0.15, 0.2) is 0 Å². The Morgan fingerprint density at radius 3 is 0.719 bits per heavy atom. The van der Waals surface area contributed by atoms with Gasteiger partial charge >= 0.3 is 24.1 Å². The van der Waals surface area contributed by atoms with Crippen molar-refractivity contribution in [3.05, 3.63) is 332 Å². The molecule has 16 aromatic rings. The second-order valence-electron chi connectivity index (χ2n) is 27.2. The molecular formula is C92H75ClF4N16O4S4. The lowest BCUT2D eigenvalue weighted by Gasteiger charge is -2.11. The predicted molar refractivity (Wildman–Crippen MR) is 482 cm³/mol. The van der Waals surface area contributed by atoms with Crippen LogP contribution in [0.15, 0.2) is 262 Å². The highest BCUT2D eigenvalue weighted by molar-refractivity contribution is 7.16. The quantitative estimate of drug-likeness (QED) is 0.0420. The van der Waals surface area contributed by atoms with Crippen molar-refractivity contribution in [2.45, 2.75) is 55.4 Å². The summed E-state index contributed by atoms with van der Waals surface area (Å²) in [6.07, 6.45) is 13.7. The first kappa shape index (κ1) is 84.9. The summed E-state index contributed by atoms with van der Waals surface area (Å²) in [4.78, 5) is 87.8. The van der Waals surface area contributed by atoms with E-state index >= 15 is 0 Å². The first-order chi connectivity index (χ1) is 58.4. The standard InChI is InChI=1S/C23H18ClFN4OS.3C23H19FN4OS/c1-13-11-17(4-5-18(13)24)28-23(30)29-20-12-16(3-6-19(20)25)22-21(27-14(2)31-22)15-7-9-26-10-8-15;3*1-14-3-6-18(7-4-14)27-23(29)28-20-13-17(5-8-19(20)24)22-21(26-15(2)30-22)16-9-11-25-12-10-16/h3-12H,1-2H3,(H2,28,29,30);3*3-13H,1-2H3,(H2,27,28,29). The van der Waals surface area contributed by atoms with Crippen LogP contribution < -0.4 is 42.5 Å². The molecule has 8 aromatic heterocycles. The van der Waals surface area contributed by atoms with Crippen molar-refractivity contribution in [3.63, 3.8) is 0 Å². The summed E-state index contributed by atoms with van der Waals surface area (Å²) in [5.74, 6) is -2.06. The van der Waals surface area contributed by atoms with Crippen LogP contribution in [0, 0.1) is 78.7 Å². The fourth-order valence-electron chi connectivity index (χ4n) is 12.1. The average molecular weight is 1710 g/mol. The molecule has 8 amide bonds. The number of aryl methyl sites for hydroxylation is 8. The van der Waals surface area contributed by atoms with Crippen molar-refractivity contribution in [1.82, 2.24) is 39.9 Å². The second-order valence-corrected chi connectivity index (χ2v) is 32.5. The van der Waals surface area contributed by atoms with Gasteiger partial charge in [-0.25, -0.2) is 56.7 Å². The molecule has 8 aromatic carbocycles. The molecule has 0 saturated heterocycles. The number of carbonyl (C=O) groups excluding carboxylic acids is 4. The SMILES string of the molecule is Cc1ccc(NC(=O)Nc2cc(-c3sc(C)nc3-c3ccncc3)ccc2F)cc1.Cc1ccc(NC(=O)Nc2cc(-c3sc(C)nc3-c3ccncc3)ccc2F)cc1.Cc1ccc(NC(=O)Nc2cc(-c3sc(C)nc3-c3ccncc3)ccc2F)cc1.Cc1nc(-c2ccncc2)c(-c2ccc(F)c(NC(=O)Nc3ccc(Cl)c(C)c3)c2)s1. The van der Waals surface area contributed by atoms with Crippen LogP contribution in [0.2, 0.25) is 5.02 Å². The zero-order chi connectivity index (χ0) is 85.2. The van der Waals surface area contributed by atoms with Crippen LogP contribution in [-0.4, -0.2) is 64.0 Å². The molecule has 0 aliphatic heterocycles. The van der Waals surface area contributed by atoms with Crippen molar-refractivity contribution in [2.24, 2.45) is 0 Å². The van der Waals surface area contributed by atoms with Crippen molar-refractivity contribution >= 4 is 127 Å². The summed E-state index contributed by atoms with van der Waals surface area (Å²) in [6, 6.07) is 58.9. The number of anilines is 8. The van der Waals surface area contributed by atoms with E-state index in [0.717, 1.165) is 129 Å². The van der Waals surface area contributed by atoms with Gasteiger partial charge in [0, 0.05) is 99.6 Å². The van der Waals surface area contributed by atoms with E-state index in [2.05, 4.69) is 82.4 Å². The lowest BCUT2D eigenvalue weighted by molar-refractivity contribution is 0.261. The molecule has 0 bridgehead atoms. The van der Waals surface area contributed by atoms with E-state index in [9.17, 15) is 36.7 Å². The van der Waals surface area contributed by atoms with E-state index in [1.807, 2.05) is 140 Å². The topological polar surface area (TPSA) is 268 Å². The zero-order valence-corrected chi connectivity index (χ0v) is 70.1. The van der Waals surface area contributed by atoms with Gasteiger partial charge in [0.1, 0.15) is 23.3 Å². The van der Waals surface area contributed by atoms with Gasteiger partial charge in [-0.3, -0.25) is 19.9 Å². The molecule has 16 rings (SSSR count). The Kier molecular flexibility index (Phi) is 27.7. The summed E-state index contributed by atoms with van der Waals surface area (Å²) in [5.41, 5.74) is 17.0. The van der Waals surface area contributed by atoms with Gasteiger partial charge in [-0.15, -0.1) is 45.3 Å². The minimum Gasteiger partial charge on any atom is -0.308 e. The van der Waals surface area contributed by atoms with Crippen molar-refractivity contribution < 1.29 is 36.7 Å². The highest BCUT2D eigenvalue weighted by Crippen LogP contribution is 2.43. The number of benzene rings is 8. The Labute approximate surface area is 715 Å². The summed E-state index contributed by atoms with van der Waals surface area (Å²) in [7, 11) is 0. The Bertz CT molecular complexity index is 5920. The smallest absolute Gasteiger partial charge is 0.308 e. The average Bonchev–Trinajstić information content (AvgIpc) is 1.68. The molecule has 0 radical (unpaired) electrons. The number of hydrogen-bond donors (Lipinski definition) is 8. The summed E-state index contributed by atoms with van der Waals surface area (Å²) >= 11 is 12.1. The van der Waals surface area contributed by atoms with E-state index in [1.165, 1.54) is 69.6 Å². The van der Waals surface area contributed by atoms with Crippen LogP contribution in [0.1, 0.15) is 42.3 Å². The number of urea groups is 4. The molecule has 0 saturated carbocycles. The molecule has 606 valence electrons. The first-order valence-electron chi connectivity index (χ1n) is 37.4. The summed E-state index contributed by atoms with van der Waals surface area (Å²) in [5, 5.41) is 25.4. The third-order valence-corrected chi connectivity index (χ3v) is 22.5. The molecular weight excluding hydrogens is 1630 g/mol. The van der Waals surface area contributed by atoms with Crippen LogP contribution in [0.3, 0.4) is 0 Å². The van der Waals surface area contributed by atoms with Crippen LogP contribution in [0.25, 0.3) is 86.8 Å². The molecule has 0 fully saturated rings. The van der Waals surface area contributed by atoms with E-state index in [0.29, 0.717) is 27.8 Å². The minimum absolute atomic E-state index is 0.0763. The van der Waals surface area contributed by atoms with Gasteiger partial charge in [0.05, 0.1) is 85.1 Å². The summed E-state index contributed by atoms with van der Waals surface area (Å²) < 4.78 is 57.7. The highest BCUT2D eigenvalue weighted by Gasteiger charge is 2.22. The maximum atomic E-state index is 14.4. The normalized spacial score (nSPS) is 10.7. The minimum atomic E-state index is -0.549. The molecule has 0 aliphatic carbocycles. The lowest BCUT2D eigenvalue weighted by Crippen LogP contribution is -2.20. The molecule has 29 heteroatoms. The van der Waals surface area contributed by atoms with Crippen LogP contribution in [0.5, 0.6) is 0 Å². The van der Waals surface area contributed by atoms with Gasteiger partial charge in [-0.2, -0.15) is 0 Å².